The molecule has 4 heteroatoms. The van der Waals surface area contributed by atoms with Gasteiger partial charge in [-0.05, 0) is 31.0 Å². The largest absolute Gasteiger partial charge is 0.352 e. The average Bonchev–Trinajstić information content (AvgIpc) is 3.00. The maximum absolute atomic E-state index is 11.7. The molecule has 3 rings (SSSR count). The highest BCUT2D eigenvalue weighted by Gasteiger charge is 2.23. The van der Waals surface area contributed by atoms with Crippen LogP contribution in [-0.4, -0.2) is 16.5 Å². The van der Waals surface area contributed by atoms with Crippen molar-refractivity contribution in [2.24, 2.45) is 0 Å². The predicted molar refractivity (Wildman–Crippen MR) is 70.8 cm³/mol. The summed E-state index contributed by atoms with van der Waals surface area (Å²) in [4.78, 5) is 11.7. The number of nitrogens with one attached hydrogen (secondary N) is 1. The Hall–Kier alpha value is -1.29. The fraction of sp³-hybridized carbons (Fsp3) is 0.308. The molecule has 0 atom stereocenters. The predicted octanol–water partition coefficient (Wildman–Crippen LogP) is 2.68. The molecule has 0 bridgehead atoms. The number of carbonyl (C=O) groups excluding carboxylic acids is 1. The van der Waals surface area contributed by atoms with Gasteiger partial charge in [0.05, 0.1) is 0 Å². The second-order valence-corrected chi connectivity index (χ2v) is 5.31. The van der Waals surface area contributed by atoms with E-state index in [4.69, 9.17) is 0 Å². The van der Waals surface area contributed by atoms with Crippen LogP contribution < -0.4 is 5.32 Å². The van der Waals surface area contributed by atoms with Crippen molar-refractivity contribution >= 4 is 32.7 Å². The van der Waals surface area contributed by atoms with Crippen molar-refractivity contribution in [1.82, 2.24) is 9.88 Å². The molecule has 0 saturated heterocycles. The smallest absolute Gasteiger partial charge is 0.240 e. The molecule has 0 radical (unpaired) electrons. The van der Waals surface area contributed by atoms with Gasteiger partial charge < -0.3 is 9.88 Å². The van der Waals surface area contributed by atoms with Crippen LogP contribution in [0.3, 0.4) is 0 Å². The van der Waals surface area contributed by atoms with E-state index in [0.717, 1.165) is 28.2 Å². The van der Waals surface area contributed by atoms with Gasteiger partial charge in [-0.15, -0.1) is 0 Å². The summed E-state index contributed by atoms with van der Waals surface area (Å²) in [5, 5.41) is 4.15. The maximum atomic E-state index is 11.7. The van der Waals surface area contributed by atoms with Gasteiger partial charge in [0, 0.05) is 27.6 Å². The normalized spacial score (nSPS) is 15.1. The van der Waals surface area contributed by atoms with Crippen molar-refractivity contribution in [3.63, 3.8) is 0 Å². The van der Waals surface area contributed by atoms with Crippen molar-refractivity contribution in [3.8, 4) is 0 Å². The first kappa shape index (κ1) is 10.8. The van der Waals surface area contributed by atoms with Crippen molar-refractivity contribution in [3.05, 3.63) is 34.9 Å². The van der Waals surface area contributed by atoms with Crippen molar-refractivity contribution < 1.29 is 4.79 Å². The zero-order valence-corrected chi connectivity index (χ0v) is 10.9. The molecular formula is C13H13BrN2O. The molecule has 0 spiro atoms. The number of nitrogens with zero attached hydrogens (tertiary/aromatic N) is 1. The maximum Gasteiger partial charge on any atom is 0.240 e. The Kier molecular flexibility index (Phi) is 2.67. The molecule has 0 unspecified atom stereocenters. The lowest BCUT2D eigenvalue weighted by Crippen LogP contribution is -2.28. The highest BCUT2D eigenvalue weighted by molar-refractivity contribution is 9.10. The monoisotopic (exact) mass is 292 g/mol. The lowest BCUT2D eigenvalue weighted by Gasteiger charge is -2.06. The van der Waals surface area contributed by atoms with Gasteiger partial charge in [0.1, 0.15) is 6.54 Å². The zero-order chi connectivity index (χ0) is 11.8. The first-order chi connectivity index (χ1) is 8.24. The topological polar surface area (TPSA) is 34.0 Å². The van der Waals surface area contributed by atoms with E-state index in [1.54, 1.807) is 0 Å². The van der Waals surface area contributed by atoms with Crippen LogP contribution in [0.15, 0.2) is 34.9 Å². The van der Waals surface area contributed by atoms with Gasteiger partial charge in [0.25, 0.3) is 0 Å². The van der Waals surface area contributed by atoms with Gasteiger partial charge in [-0.2, -0.15) is 0 Å². The van der Waals surface area contributed by atoms with Gasteiger partial charge in [-0.3, -0.25) is 4.79 Å². The van der Waals surface area contributed by atoms with Crippen LogP contribution in [0.1, 0.15) is 12.8 Å². The van der Waals surface area contributed by atoms with Crippen molar-refractivity contribution in [2.45, 2.75) is 25.4 Å². The van der Waals surface area contributed by atoms with E-state index < -0.39 is 0 Å². The Bertz CT molecular complexity index is 572. The van der Waals surface area contributed by atoms with Gasteiger partial charge in [-0.1, -0.05) is 22.0 Å². The van der Waals surface area contributed by atoms with Gasteiger partial charge >= 0.3 is 0 Å². The van der Waals surface area contributed by atoms with Gasteiger partial charge in [0.2, 0.25) is 5.91 Å². The fourth-order valence-electron chi connectivity index (χ4n) is 1.98. The standard InChI is InChI=1S/C13H13BrN2O/c14-11-2-1-3-12-10(11)6-7-16(12)8-13(17)15-9-4-5-9/h1-3,6-7,9H,4-5,8H2,(H,15,17). The zero-order valence-electron chi connectivity index (χ0n) is 9.32. The number of hydrogen-bond donors (Lipinski definition) is 1. The summed E-state index contributed by atoms with van der Waals surface area (Å²) < 4.78 is 3.05. The molecule has 1 N–H and O–H groups in total. The third kappa shape index (κ3) is 2.22. The Labute approximate surface area is 108 Å². The molecule has 1 fully saturated rings. The van der Waals surface area contributed by atoms with E-state index in [9.17, 15) is 4.79 Å². The molecule has 0 aliphatic heterocycles. The highest BCUT2D eigenvalue weighted by atomic mass is 79.9. The fourth-order valence-corrected chi connectivity index (χ4v) is 2.47. The number of carbonyl (C=O) groups is 1. The van der Waals surface area contributed by atoms with Crippen LogP contribution in [0, 0.1) is 0 Å². The van der Waals surface area contributed by atoms with Crippen LogP contribution in [-0.2, 0) is 11.3 Å². The molecular weight excluding hydrogens is 280 g/mol. The molecule has 1 aromatic heterocycles. The SMILES string of the molecule is O=C(Cn1ccc2c(Br)cccc21)NC1CC1. The van der Waals surface area contributed by atoms with Crippen molar-refractivity contribution in [2.75, 3.05) is 0 Å². The molecule has 1 amide bonds. The Balaban J connectivity index is 1.84. The van der Waals surface area contributed by atoms with Gasteiger partial charge in [-0.25, -0.2) is 0 Å². The molecule has 1 aromatic carbocycles. The van der Waals surface area contributed by atoms with E-state index in [0.29, 0.717) is 12.6 Å². The quantitative estimate of drug-likeness (QED) is 0.927. The molecule has 88 valence electrons. The van der Waals surface area contributed by atoms with Crippen molar-refractivity contribution in [1.29, 1.82) is 0 Å². The summed E-state index contributed by atoms with van der Waals surface area (Å²) in [6, 6.07) is 8.49. The van der Waals surface area contributed by atoms with E-state index >= 15 is 0 Å². The molecule has 2 aromatic rings. The summed E-state index contributed by atoms with van der Waals surface area (Å²) in [5.41, 5.74) is 1.09. The number of hydrogen-bond acceptors (Lipinski definition) is 1. The van der Waals surface area contributed by atoms with E-state index in [1.165, 1.54) is 0 Å². The minimum atomic E-state index is 0.102. The Morgan fingerprint density at radius 3 is 3.00 bits per heavy atom. The molecule has 1 aliphatic rings. The second-order valence-electron chi connectivity index (χ2n) is 4.46. The number of fused-ring (bicyclic) bond motifs is 1. The van der Waals surface area contributed by atoms with E-state index in [1.807, 2.05) is 35.0 Å². The number of benzene rings is 1. The van der Waals surface area contributed by atoms with Crippen LogP contribution in [0.4, 0.5) is 0 Å². The summed E-state index contributed by atoms with van der Waals surface area (Å²) in [6.07, 6.45) is 4.22. The highest BCUT2D eigenvalue weighted by Crippen LogP contribution is 2.24. The molecule has 1 aliphatic carbocycles. The van der Waals surface area contributed by atoms with Crippen LogP contribution in [0.25, 0.3) is 10.9 Å². The summed E-state index contributed by atoms with van der Waals surface area (Å²) in [6.45, 7) is 0.399. The second kappa shape index (κ2) is 4.18. The number of amides is 1. The number of halogens is 1. The number of aromatic nitrogens is 1. The molecule has 17 heavy (non-hydrogen) atoms. The van der Waals surface area contributed by atoms with Crippen LogP contribution in [0.2, 0.25) is 0 Å². The lowest BCUT2D eigenvalue weighted by molar-refractivity contribution is -0.121. The first-order valence-electron chi connectivity index (χ1n) is 5.77. The summed E-state index contributed by atoms with van der Waals surface area (Å²) in [7, 11) is 0. The minimum Gasteiger partial charge on any atom is -0.352 e. The summed E-state index contributed by atoms with van der Waals surface area (Å²) >= 11 is 3.51. The van der Waals surface area contributed by atoms with Crippen LogP contribution >= 0.6 is 15.9 Å². The van der Waals surface area contributed by atoms with Crippen LogP contribution in [0.5, 0.6) is 0 Å². The lowest BCUT2D eigenvalue weighted by atomic mass is 10.2. The molecule has 3 nitrogen and oxygen atoms in total. The van der Waals surface area contributed by atoms with Gasteiger partial charge in [0.15, 0.2) is 0 Å². The minimum absolute atomic E-state index is 0.102. The Morgan fingerprint density at radius 2 is 2.24 bits per heavy atom. The Morgan fingerprint density at radius 1 is 1.41 bits per heavy atom. The number of rotatable bonds is 3. The third-order valence-electron chi connectivity index (χ3n) is 3.02. The third-order valence-corrected chi connectivity index (χ3v) is 3.71. The average molecular weight is 293 g/mol. The first-order valence-corrected chi connectivity index (χ1v) is 6.56. The molecule has 1 saturated carbocycles. The van der Waals surface area contributed by atoms with E-state index in [2.05, 4.69) is 21.2 Å². The summed E-state index contributed by atoms with van der Waals surface area (Å²) in [5.74, 6) is 0.102. The molecule has 1 heterocycles. The van der Waals surface area contributed by atoms with E-state index in [-0.39, 0.29) is 5.91 Å².